The summed E-state index contributed by atoms with van der Waals surface area (Å²) < 4.78 is 0. The third-order valence-electron chi connectivity index (χ3n) is 5.01. The van der Waals surface area contributed by atoms with Crippen molar-refractivity contribution in [2.45, 2.75) is 19.6 Å². The molecule has 0 atom stereocenters. The van der Waals surface area contributed by atoms with Gasteiger partial charge in [0.15, 0.2) is 11.4 Å². The second-order valence-corrected chi connectivity index (χ2v) is 8.55. The van der Waals surface area contributed by atoms with Gasteiger partial charge in [-0.2, -0.15) is 0 Å². The van der Waals surface area contributed by atoms with Gasteiger partial charge in [0.1, 0.15) is 11.6 Å². The van der Waals surface area contributed by atoms with E-state index in [1.165, 1.54) is 0 Å². The highest BCUT2D eigenvalue weighted by molar-refractivity contribution is 7.18. The lowest BCUT2D eigenvalue weighted by Gasteiger charge is -2.15. The number of likely N-dealkylation sites (N-methyl/N-ethyl adjacent to an activating group) is 1. The molecule has 4 aromatic rings. The van der Waals surface area contributed by atoms with Gasteiger partial charge in [0.2, 0.25) is 0 Å². The molecule has 0 aliphatic heterocycles. The number of anilines is 3. The van der Waals surface area contributed by atoms with Crippen LogP contribution in [0.3, 0.4) is 0 Å². The molecule has 0 saturated heterocycles. The Balaban J connectivity index is 1.40. The Bertz CT molecular complexity index is 1180. The second-order valence-electron chi connectivity index (χ2n) is 7.55. The summed E-state index contributed by atoms with van der Waals surface area (Å²) in [6.45, 7) is 2.82. The van der Waals surface area contributed by atoms with E-state index in [2.05, 4.69) is 20.2 Å². The zero-order valence-corrected chi connectivity index (χ0v) is 18.8. The summed E-state index contributed by atoms with van der Waals surface area (Å²) in [5.74, 6) is 1.50. The first-order valence-electron chi connectivity index (χ1n) is 10.3. The number of hydrogen-bond donors (Lipinski definition) is 3. The molecule has 0 amide bonds. The number of aliphatic hydroxyl groups excluding tert-OH is 1. The van der Waals surface area contributed by atoms with Crippen LogP contribution in [0.1, 0.15) is 23.0 Å². The van der Waals surface area contributed by atoms with Gasteiger partial charge in [0, 0.05) is 31.5 Å². The van der Waals surface area contributed by atoms with Crippen LogP contribution in [0, 0.1) is 6.92 Å². The monoisotopic (exact) mass is 447 g/mol. The molecule has 164 valence electrons. The maximum Gasteiger partial charge on any atom is 0.185 e. The number of hydrogen-bond acceptors (Lipinski definition) is 8. The van der Waals surface area contributed by atoms with Gasteiger partial charge in [-0.3, -0.25) is 0 Å². The van der Waals surface area contributed by atoms with Crippen LogP contribution >= 0.6 is 11.3 Å². The lowest BCUT2D eigenvalue weighted by molar-refractivity contribution is -0.0424. The fourth-order valence-electron chi connectivity index (χ4n) is 3.19. The Morgan fingerprint density at radius 2 is 1.84 bits per heavy atom. The fourth-order valence-corrected chi connectivity index (χ4v) is 4.06. The molecule has 32 heavy (non-hydrogen) atoms. The summed E-state index contributed by atoms with van der Waals surface area (Å²) in [7, 11) is 2.02. The second kappa shape index (κ2) is 9.86. The Hall–Kier alpha value is -3.33. The third kappa shape index (κ3) is 5.47. The summed E-state index contributed by atoms with van der Waals surface area (Å²) in [5, 5.41) is 22.6. The van der Waals surface area contributed by atoms with Crippen LogP contribution in [0.5, 0.6) is 0 Å². The average Bonchev–Trinajstić information content (AvgIpc) is 3.28. The Kier molecular flexibility index (Phi) is 6.75. The molecule has 8 heteroatoms. The molecule has 0 fully saturated rings. The minimum atomic E-state index is -1.43. The number of aryl methyl sites for hydroxylation is 1. The van der Waals surface area contributed by atoms with Crippen LogP contribution in [0.2, 0.25) is 0 Å². The van der Waals surface area contributed by atoms with Gasteiger partial charge >= 0.3 is 0 Å². The van der Waals surface area contributed by atoms with Crippen molar-refractivity contribution in [3.8, 4) is 10.6 Å². The van der Waals surface area contributed by atoms with Crippen molar-refractivity contribution in [3.63, 3.8) is 0 Å². The summed E-state index contributed by atoms with van der Waals surface area (Å²) in [4.78, 5) is 16.7. The molecular weight excluding hydrogens is 422 g/mol. The zero-order chi connectivity index (χ0) is 22.5. The molecule has 0 spiro atoms. The molecular formula is C24H25N5O2S. The topological polar surface area (TPSA) is 94.4 Å². The summed E-state index contributed by atoms with van der Waals surface area (Å²) in [6.07, 6.45) is 3.02. The van der Waals surface area contributed by atoms with Crippen LogP contribution in [-0.2, 0) is 6.42 Å². The fraction of sp³-hybridized carbons (Fsp3) is 0.208. The summed E-state index contributed by atoms with van der Waals surface area (Å²) >= 11 is 1.60. The number of rotatable bonds is 8. The summed E-state index contributed by atoms with van der Waals surface area (Å²) in [6, 6.07) is 17.1. The number of benzene rings is 1. The standard InChI is InChI=1S/C24H25N5O2S/c1-16-10-12-25-22(14-16)28-21-5-3-4-19(27-21)20-15-26-24(32-20)29(2)13-11-17-6-8-18(9-7-17)23(30)31/h3-10,12,14-15,23,30-31H,11,13H2,1-2H3,(H,25,27,28). The van der Waals surface area contributed by atoms with E-state index < -0.39 is 6.29 Å². The number of thiazole rings is 1. The lowest BCUT2D eigenvalue weighted by Crippen LogP contribution is -2.19. The van der Waals surface area contributed by atoms with Crippen LogP contribution in [0.15, 0.2) is 67.0 Å². The molecule has 0 aliphatic rings. The molecule has 1 aromatic carbocycles. The first-order valence-corrected chi connectivity index (χ1v) is 11.1. The van der Waals surface area contributed by atoms with E-state index in [0.29, 0.717) is 5.56 Å². The van der Waals surface area contributed by atoms with Gasteiger partial charge in [0.05, 0.1) is 10.6 Å². The number of pyridine rings is 2. The van der Waals surface area contributed by atoms with Gasteiger partial charge in [-0.25, -0.2) is 15.0 Å². The predicted octanol–water partition coefficient (Wildman–Crippen LogP) is 4.31. The average molecular weight is 448 g/mol. The molecule has 4 rings (SSSR count). The molecule has 0 saturated carbocycles. The van der Waals surface area contributed by atoms with Gasteiger partial charge in [-0.1, -0.05) is 41.7 Å². The number of aromatic nitrogens is 3. The van der Waals surface area contributed by atoms with Crippen LogP contribution in [-0.4, -0.2) is 38.8 Å². The van der Waals surface area contributed by atoms with Crippen molar-refractivity contribution in [1.82, 2.24) is 15.0 Å². The van der Waals surface area contributed by atoms with E-state index in [4.69, 9.17) is 4.98 Å². The first kappa shape index (κ1) is 21.9. The zero-order valence-electron chi connectivity index (χ0n) is 17.9. The molecule has 3 N–H and O–H groups in total. The van der Waals surface area contributed by atoms with Crippen molar-refractivity contribution in [2.24, 2.45) is 0 Å². The maximum atomic E-state index is 9.21. The van der Waals surface area contributed by atoms with E-state index in [-0.39, 0.29) is 0 Å². The van der Waals surface area contributed by atoms with Crippen molar-refractivity contribution >= 4 is 28.1 Å². The van der Waals surface area contributed by atoms with E-state index in [1.54, 1.807) is 29.7 Å². The highest BCUT2D eigenvalue weighted by atomic mass is 32.1. The van der Waals surface area contributed by atoms with Crippen molar-refractivity contribution in [2.75, 3.05) is 23.8 Å². The smallest absolute Gasteiger partial charge is 0.185 e. The number of aliphatic hydroxyl groups is 2. The highest BCUT2D eigenvalue weighted by Crippen LogP contribution is 2.30. The lowest BCUT2D eigenvalue weighted by atomic mass is 10.1. The Labute approximate surface area is 191 Å². The van der Waals surface area contributed by atoms with Gasteiger partial charge in [-0.15, -0.1) is 0 Å². The SMILES string of the molecule is Cc1ccnc(Nc2cccc(-c3cnc(N(C)CCc4ccc(C(O)O)cc4)s3)n2)c1. The van der Waals surface area contributed by atoms with E-state index >= 15 is 0 Å². The number of nitrogens with zero attached hydrogens (tertiary/aromatic N) is 4. The Morgan fingerprint density at radius 1 is 1.03 bits per heavy atom. The largest absolute Gasteiger partial charge is 0.364 e. The molecule has 0 aliphatic carbocycles. The van der Waals surface area contributed by atoms with E-state index in [9.17, 15) is 10.2 Å². The molecule has 7 nitrogen and oxygen atoms in total. The molecule has 0 bridgehead atoms. The van der Waals surface area contributed by atoms with Gasteiger partial charge in [0.25, 0.3) is 0 Å². The van der Waals surface area contributed by atoms with E-state index in [1.807, 2.05) is 62.6 Å². The van der Waals surface area contributed by atoms with E-state index in [0.717, 1.165) is 51.4 Å². The van der Waals surface area contributed by atoms with Gasteiger partial charge in [-0.05, 0) is 48.7 Å². The molecule has 0 radical (unpaired) electrons. The first-order chi connectivity index (χ1) is 15.5. The van der Waals surface area contributed by atoms with Crippen molar-refractivity contribution < 1.29 is 10.2 Å². The van der Waals surface area contributed by atoms with Gasteiger partial charge < -0.3 is 20.4 Å². The predicted molar refractivity (Wildman–Crippen MR) is 128 cm³/mol. The van der Waals surface area contributed by atoms with Crippen molar-refractivity contribution in [3.05, 3.63) is 83.7 Å². The van der Waals surface area contributed by atoms with Crippen molar-refractivity contribution in [1.29, 1.82) is 0 Å². The third-order valence-corrected chi connectivity index (χ3v) is 6.14. The molecule has 3 aromatic heterocycles. The molecule has 3 heterocycles. The quantitative estimate of drug-likeness (QED) is 0.346. The Morgan fingerprint density at radius 3 is 2.59 bits per heavy atom. The van der Waals surface area contributed by atoms with Crippen LogP contribution in [0.4, 0.5) is 16.8 Å². The summed E-state index contributed by atoms with van der Waals surface area (Å²) in [5.41, 5.74) is 3.62. The molecule has 0 unspecified atom stereocenters. The number of nitrogens with one attached hydrogen (secondary N) is 1. The minimum Gasteiger partial charge on any atom is -0.364 e. The van der Waals surface area contributed by atoms with Crippen LogP contribution in [0.25, 0.3) is 10.6 Å². The van der Waals surface area contributed by atoms with Crippen LogP contribution < -0.4 is 10.2 Å². The maximum absolute atomic E-state index is 9.21. The normalized spacial score (nSPS) is 11.0. The minimum absolute atomic E-state index is 0.495. The highest BCUT2D eigenvalue weighted by Gasteiger charge is 2.11.